The van der Waals surface area contributed by atoms with Crippen molar-refractivity contribution in [1.29, 1.82) is 0 Å². The number of hydrogen-bond donors (Lipinski definition) is 0. The van der Waals surface area contributed by atoms with E-state index in [1.807, 2.05) is 29.2 Å². The minimum atomic E-state index is -0.133. The number of amides is 2. The summed E-state index contributed by atoms with van der Waals surface area (Å²) in [4.78, 5) is 28.1. The number of benzene rings is 1. The molecule has 6 nitrogen and oxygen atoms in total. The predicted molar refractivity (Wildman–Crippen MR) is 84.2 cm³/mol. The third-order valence-corrected chi connectivity index (χ3v) is 4.44. The summed E-state index contributed by atoms with van der Waals surface area (Å²) in [6, 6.07) is 7.86. The molecule has 0 radical (unpaired) electrons. The number of methoxy groups -OCH3 is 1. The fourth-order valence-electron chi connectivity index (χ4n) is 3.14. The van der Waals surface area contributed by atoms with Crippen LogP contribution in [-0.2, 0) is 20.7 Å². The van der Waals surface area contributed by atoms with E-state index in [1.54, 1.807) is 4.90 Å². The second kappa shape index (κ2) is 7.00. The van der Waals surface area contributed by atoms with Gasteiger partial charge >= 0.3 is 0 Å². The molecule has 1 aromatic carbocycles. The number of piperazine rings is 1. The van der Waals surface area contributed by atoms with Crippen LogP contribution in [0.15, 0.2) is 24.3 Å². The molecule has 0 saturated carbocycles. The number of hydrogen-bond acceptors (Lipinski definition) is 4. The zero-order chi connectivity index (χ0) is 16.2. The van der Waals surface area contributed by atoms with Crippen LogP contribution < -0.4 is 4.74 Å². The molecule has 2 aliphatic rings. The molecule has 6 heteroatoms. The number of carbonyl (C=O) groups excluding carboxylic acids is 2. The topological polar surface area (TPSA) is 59.1 Å². The number of ether oxygens (including phenoxy) is 2. The maximum atomic E-state index is 12.7. The predicted octanol–water partition coefficient (Wildman–Crippen LogP) is 0.555. The van der Waals surface area contributed by atoms with Crippen molar-refractivity contribution in [3.63, 3.8) is 0 Å². The lowest BCUT2D eigenvalue weighted by Crippen LogP contribution is -2.53. The van der Waals surface area contributed by atoms with Crippen molar-refractivity contribution in [2.45, 2.75) is 6.42 Å². The Bertz CT molecular complexity index is 582. The third-order valence-electron chi connectivity index (χ3n) is 4.44. The SMILES string of the molecule is COCC(=O)N1CCN(C(=O)[C@@H]2COc3ccccc3C2)CC1. The molecule has 1 saturated heterocycles. The summed E-state index contributed by atoms with van der Waals surface area (Å²) in [6.45, 7) is 2.81. The lowest BCUT2D eigenvalue weighted by molar-refractivity contribution is -0.144. The highest BCUT2D eigenvalue weighted by molar-refractivity contribution is 5.81. The molecule has 3 rings (SSSR count). The van der Waals surface area contributed by atoms with Gasteiger partial charge in [-0.2, -0.15) is 0 Å². The van der Waals surface area contributed by atoms with E-state index in [4.69, 9.17) is 9.47 Å². The molecule has 0 N–H and O–H groups in total. The minimum absolute atomic E-state index is 0.0190. The first-order chi connectivity index (χ1) is 11.2. The molecule has 124 valence electrons. The Hall–Kier alpha value is -2.08. The summed E-state index contributed by atoms with van der Waals surface area (Å²) in [7, 11) is 1.51. The fourth-order valence-corrected chi connectivity index (χ4v) is 3.14. The molecule has 1 fully saturated rings. The van der Waals surface area contributed by atoms with E-state index in [-0.39, 0.29) is 24.3 Å². The van der Waals surface area contributed by atoms with Gasteiger partial charge in [0, 0.05) is 33.3 Å². The highest BCUT2D eigenvalue weighted by atomic mass is 16.5. The van der Waals surface area contributed by atoms with Gasteiger partial charge in [-0.15, -0.1) is 0 Å². The summed E-state index contributed by atoms with van der Waals surface area (Å²) < 4.78 is 10.6. The Balaban J connectivity index is 1.55. The van der Waals surface area contributed by atoms with Crippen LogP contribution in [0.5, 0.6) is 5.75 Å². The van der Waals surface area contributed by atoms with Crippen LogP contribution in [0.1, 0.15) is 5.56 Å². The van der Waals surface area contributed by atoms with E-state index in [0.717, 1.165) is 17.7 Å². The smallest absolute Gasteiger partial charge is 0.248 e. The number of rotatable bonds is 3. The largest absolute Gasteiger partial charge is 0.492 e. The van der Waals surface area contributed by atoms with Gasteiger partial charge in [-0.05, 0) is 18.1 Å². The van der Waals surface area contributed by atoms with Gasteiger partial charge in [0.15, 0.2) is 0 Å². The van der Waals surface area contributed by atoms with Crippen molar-refractivity contribution < 1.29 is 19.1 Å². The maximum Gasteiger partial charge on any atom is 0.248 e. The second-order valence-corrected chi connectivity index (χ2v) is 5.96. The van der Waals surface area contributed by atoms with Gasteiger partial charge in [0.2, 0.25) is 11.8 Å². The Morgan fingerprint density at radius 3 is 2.61 bits per heavy atom. The summed E-state index contributed by atoms with van der Waals surface area (Å²) in [5, 5.41) is 0. The van der Waals surface area contributed by atoms with Crippen LogP contribution in [0.25, 0.3) is 0 Å². The van der Waals surface area contributed by atoms with Gasteiger partial charge in [0.1, 0.15) is 19.0 Å². The normalized spacial score (nSPS) is 20.7. The van der Waals surface area contributed by atoms with Gasteiger partial charge in [0.25, 0.3) is 0 Å². The van der Waals surface area contributed by atoms with Gasteiger partial charge in [-0.3, -0.25) is 9.59 Å². The standard InChI is InChI=1S/C17H22N2O4/c1-22-12-16(20)18-6-8-19(9-7-18)17(21)14-10-13-4-2-3-5-15(13)23-11-14/h2-5,14H,6-12H2,1H3/t14-/m0/s1. The van der Waals surface area contributed by atoms with Gasteiger partial charge in [-0.1, -0.05) is 18.2 Å². The highest BCUT2D eigenvalue weighted by Gasteiger charge is 2.31. The second-order valence-electron chi connectivity index (χ2n) is 5.96. The van der Waals surface area contributed by atoms with Gasteiger partial charge < -0.3 is 19.3 Å². The van der Waals surface area contributed by atoms with E-state index < -0.39 is 0 Å². The third kappa shape index (κ3) is 3.47. The Labute approximate surface area is 136 Å². The molecule has 1 atom stereocenters. The lowest BCUT2D eigenvalue weighted by atomic mass is 9.95. The number of nitrogens with zero attached hydrogens (tertiary/aromatic N) is 2. The zero-order valence-electron chi connectivity index (χ0n) is 13.4. The van der Waals surface area contributed by atoms with Crippen molar-refractivity contribution in [3.05, 3.63) is 29.8 Å². The molecule has 2 aliphatic heterocycles. The first-order valence-electron chi connectivity index (χ1n) is 7.95. The lowest BCUT2D eigenvalue weighted by Gasteiger charge is -2.37. The van der Waals surface area contributed by atoms with Gasteiger partial charge in [0.05, 0.1) is 5.92 Å². The number of para-hydroxylation sites is 1. The molecule has 0 bridgehead atoms. The molecular weight excluding hydrogens is 296 g/mol. The first kappa shape index (κ1) is 15.8. The van der Waals surface area contributed by atoms with Crippen molar-refractivity contribution in [2.75, 3.05) is 46.5 Å². The molecule has 2 amide bonds. The van der Waals surface area contributed by atoms with Crippen molar-refractivity contribution >= 4 is 11.8 Å². The molecule has 0 aromatic heterocycles. The summed E-state index contributed by atoms with van der Waals surface area (Å²) in [5.41, 5.74) is 1.09. The number of carbonyl (C=O) groups is 2. The summed E-state index contributed by atoms with van der Waals surface area (Å²) >= 11 is 0. The van der Waals surface area contributed by atoms with Crippen molar-refractivity contribution in [1.82, 2.24) is 9.80 Å². The Morgan fingerprint density at radius 1 is 1.17 bits per heavy atom. The summed E-state index contributed by atoms with van der Waals surface area (Å²) in [6.07, 6.45) is 0.720. The molecule has 0 spiro atoms. The Kier molecular flexibility index (Phi) is 4.81. The van der Waals surface area contributed by atoms with E-state index in [2.05, 4.69) is 0 Å². The quantitative estimate of drug-likeness (QED) is 0.817. The van der Waals surface area contributed by atoms with Crippen LogP contribution in [0, 0.1) is 5.92 Å². The minimum Gasteiger partial charge on any atom is -0.492 e. The average molecular weight is 318 g/mol. The zero-order valence-corrected chi connectivity index (χ0v) is 13.4. The molecule has 0 unspecified atom stereocenters. The number of fused-ring (bicyclic) bond motifs is 1. The molecular formula is C17H22N2O4. The molecule has 23 heavy (non-hydrogen) atoms. The molecule has 0 aliphatic carbocycles. The van der Waals surface area contributed by atoms with Crippen LogP contribution in [0.3, 0.4) is 0 Å². The van der Waals surface area contributed by atoms with Crippen molar-refractivity contribution in [2.24, 2.45) is 5.92 Å². The molecule has 2 heterocycles. The van der Waals surface area contributed by atoms with Crippen LogP contribution in [-0.4, -0.2) is 68.1 Å². The van der Waals surface area contributed by atoms with E-state index >= 15 is 0 Å². The van der Waals surface area contributed by atoms with Crippen LogP contribution in [0.4, 0.5) is 0 Å². The Morgan fingerprint density at radius 2 is 1.87 bits per heavy atom. The monoisotopic (exact) mass is 318 g/mol. The average Bonchev–Trinajstić information content (AvgIpc) is 2.61. The molecule has 1 aromatic rings. The van der Waals surface area contributed by atoms with Gasteiger partial charge in [-0.25, -0.2) is 0 Å². The van der Waals surface area contributed by atoms with E-state index in [0.29, 0.717) is 32.8 Å². The van der Waals surface area contributed by atoms with E-state index in [1.165, 1.54) is 7.11 Å². The van der Waals surface area contributed by atoms with Crippen LogP contribution >= 0.6 is 0 Å². The van der Waals surface area contributed by atoms with Crippen LogP contribution in [0.2, 0.25) is 0 Å². The highest BCUT2D eigenvalue weighted by Crippen LogP contribution is 2.27. The van der Waals surface area contributed by atoms with E-state index in [9.17, 15) is 9.59 Å². The van der Waals surface area contributed by atoms with Crippen molar-refractivity contribution in [3.8, 4) is 5.75 Å². The fraction of sp³-hybridized carbons (Fsp3) is 0.529. The maximum absolute atomic E-state index is 12.7. The first-order valence-corrected chi connectivity index (χ1v) is 7.95. The summed E-state index contributed by atoms with van der Waals surface area (Å²) in [5.74, 6) is 0.852.